The van der Waals surface area contributed by atoms with Crippen LogP contribution in [0.4, 0.5) is 0 Å². The van der Waals surface area contributed by atoms with Crippen molar-refractivity contribution in [2.24, 2.45) is 5.73 Å². The Labute approximate surface area is 146 Å². The maximum atomic E-state index is 5.68. The number of aromatic amines is 1. The molecule has 0 aliphatic rings. The lowest BCUT2D eigenvalue weighted by atomic mass is 9.98. The molecule has 0 radical (unpaired) electrons. The summed E-state index contributed by atoms with van der Waals surface area (Å²) in [5, 5.41) is 1.35. The standard InChI is InChI=1S/C20H23BrN2/c1-13-9-10-18-17(8-3-4-11-22)20(23-19(18)14(13)2)15-6-5-7-16(21)12-15/h5-7,9-10,12,23H,3-4,8,11,22H2,1-2H3. The lowest BCUT2D eigenvalue weighted by Crippen LogP contribution is -1.99. The van der Waals surface area contributed by atoms with Crippen molar-refractivity contribution in [3.63, 3.8) is 0 Å². The molecule has 1 aromatic heterocycles. The molecule has 3 N–H and O–H groups in total. The Morgan fingerprint density at radius 1 is 1.09 bits per heavy atom. The van der Waals surface area contributed by atoms with Crippen molar-refractivity contribution < 1.29 is 0 Å². The number of aryl methyl sites for hydroxylation is 3. The van der Waals surface area contributed by atoms with E-state index in [2.05, 4.69) is 71.2 Å². The zero-order valence-electron chi connectivity index (χ0n) is 13.7. The molecule has 1 heterocycles. The van der Waals surface area contributed by atoms with E-state index in [1.54, 1.807) is 0 Å². The van der Waals surface area contributed by atoms with Crippen LogP contribution in [0.3, 0.4) is 0 Å². The van der Waals surface area contributed by atoms with Gasteiger partial charge in [0.1, 0.15) is 0 Å². The molecule has 0 atom stereocenters. The van der Waals surface area contributed by atoms with E-state index < -0.39 is 0 Å². The van der Waals surface area contributed by atoms with Crippen molar-refractivity contribution >= 4 is 26.8 Å². The topological polar surface area (TPSA) is 41.8 Å². The average molecular weight is 371 g/mol. The van der Waals surface area contributed by atoms with Gasteiger partial charge in [0.25, 0.3) is 0 Å². The Balaban J connectivity index is 2.18. The lowest BCUT2D eigenvalue weighted by Gasteiger charge is -2.06. The zero-order chi connectivity index (χ0) is 16.4. The maximum Gasteiger partial charge on any atom is 0.0497 e. The molecular weight excluding hydrogens is 348 g/mol. The predicted molar refractivity (Wildman–Crippen MR) is 103 cm³/mol. The van der Waals surface area contributed by atoms with Crippen LogP contribution in [0.15, 0.2) is 40.9 Å². The Bertz CT molecular complexity index is 833. The third-order valence-corrected chi connectivity index (χ3v) is 5.10. The van der Waals surface area contributed by atoms with Crippen molar-refractivity contribution in [2.75, 3.05) is 6.54 Å². The van der Waals surface area contributed by atoms with E-state index in [1.807, 2.05) is 0 Å². The first-order chi connectivity index (χ1) is 11.1. The van der Waals surface area contributed by atoms with Crippen LogP contribution in [0, 0.1) is 13.8 Å². The molecule has 0 unspecified atom stereocenters. The van der Waals surface area contributed by atoms with Gasteiger partial charge in [-0.2, -0.15) is 0 Å². The van der Waals surface area contributed by atoms with Crippen LogP contribution in [-0.4, -0.2) is 11.5 Å². The van der Waals surface area contributed by atoms with Gasteiger partial charge in [-0.05, 0) is 74.0 Å². The van der Waals surface area contributed by atoms with Gasteiger partial charge in [-0.1, -0.05) is 40.2 Å². The number of hydrogen-bond acceptors (Lipinski definition) is 1. The third-order valence-electron chi connectivity index (χ3n) is 4.61. The van der Waals surface area contributed by atoms with Gasteiger partial charge in [0.15, 0.2) is 0 Å². The minimum atomic E-state index is 0.757. The summed E-state index contributed by atoms with van der Waals surface area (Å²) < 4.78 is 1.11. The third kappa shape index (κ3) is 3.22. The zero-order valence-corrected chi connectivity index (χ0v) is 15.3. The van der Waals surface area contributed by atoms with E-state index in [0.717, 1.165) is 30.3 Å². The number of H-pyrrole nitrogens is 1. The first-order valence-electron chi connectivity index (χ1n) is 8.18. The van der Waals surface area contributed by atoms with E-state index in [1.165, 1.54) is 38.9 Å². The molecule has 3 heteroatoms. The fourth-order valence-corrected chi connectivity index (χ4v) is 3.56. The van der Waals surface area contributed by atoms with Crippen LogP contribution in [0.2, 0.25) is 0 Å². The Morgan fingerprint density at radius 3 is 2.65 bits per heavy atom. The highest BCUT2D eigenvalue weighted by Gasteiger charge is 2.15. The smallest absolute Gasteiger partial charge is 0.0497 e. The van der Waals surface area contributed by atoms with E-state index in [9.17, 15) is 0 Å². The average Bonchev–Trinajstić information content (AvgIpc) is 2.91. The first kappa shape index (κ1) is 16.3. The summed E-state index contributed by atoms with van der Waals surface area (Å²) in [6.07, 6.45) is 3.24. The van der Waals surface area contributed by atoms with Crippen molar-refractivity contribution in [1.82, 2.24) is 4.98 Å². The molecule has 0 aliphatic carbocycles. The highest BCUT2D eigenvalue weighted by Crippen LogP contribution is 2.34. The lowest BCUT2D eigenvalue weighted by molar-refractivity contribution is 0.748. The summed E-state index contributed by atoms with van der Waals surface area (Å²) in [6.45, 7) is 5.12. The van der Waals surface area contributed by atoms with Crippen molar-refractivity contribution in [1.29, 1.82) is 0 Å². The SMILES string of the molecule is Cc1ccc2c(CCCCN)c(-c3cccc(Br)c3)[nH]c2c1C. The van der Waals surface area contributed by atoms with Gasteiger partial charge in [-0.25, -0.2) is 0 Å². The molecule has 0 aliphatic heterocycles. The number of nitrogens with two attached hydrogens (primary N) is 1. The van der Waals surface area contributed by atoms with Gasteiger partial charge < -0.3 is 10.7 Å². The van der Waals surface area contributed by atoms with Crippen LogP contribution in [0.25, 0.3) is 22.2 Å². The van der Waals surface area contributed by atoms with Gasteiger partial charge in [-0.3, -0.25) is 0 Å². The summed E-state index contributed by atoms with van der Waals surface area (Å²) in [5.74, 6) is 0. The highest BCUT2D eigenvalue weighted by molar-refractivity contribution is 9.10. The summed E-state index contributed by atoms with van der Waals surface area (Å²) in [7, 11) is 0. The summed E-state index contributed by atoms with van der Waals surface area (Å²) in [4.78, 5) is 3.69. The number of hydrogen-bond donors (Lipinski definition) is 2. The van der Waals surface area contributed by atoms with Crippen molar-refractivity contribution in [3.8, 4) is 11.3 Å². The second-order valence-electron chi connectivity index (χ2n) is 6.16. The van der Waals surface area contributed by atoms with Gasteiger partial charge in [0.2, 0.25) is 0 Å². The van der Waals surface area contributed by atoms with Crippen molar-refractivity contribution in [3.05, 3.63) is 57.6 Å². The number of rotatable bonds is 5. The Hall–Kier alpha value is -1.58. The molecule has 23 heavy (non-hydrogen) atoms. The van der Waals surface area contributed by atoms with Crippen LogP contribution >= 0.6 is 15.9 Å². The first-order valence-corrected chi connectivity index (χ1v) is 8.98. The monoisotopic (exact) mass is 370 g/mol. The fraction of sp³-hybridized carbons (Fsp3) is 0.300. The van der Waals surface area contributed by atoms with Gasteiger partial charge in [0, 0.05) is 21.1 Å². The maximum absolute atomic E-state index is 5.68. The molecule has 0 bridgehead atoms. The molecule has 2 nitrogen and oxygen atoms in total. The van der Waals surface area contributed by atoms with E-state index in [4.69, 9.17) is 5.73 Å². The molecule has 0 saturated carbocycles. The summed E-state index contributed by atoms with van der Waals surface area (Å²) in [5.41, 5.74) is 13.5. The minimum Gasteiger partial charge on any atom is -0.354 e. The molecule has 0 spiro atoms. The number of nitrogens with one attached hydrogen (secondary N) is 1. The largest absolute Gasteiger partial charge is 0.354 e. The number of fused-ring (bicyclic) bond motifs is 1. The number of unbranched alkanes of at least 4 members (excludes halogenated alkanes) is 1. The Morgan fingerprint density at radius 2 is 1.91 bits per heavy atom. The van der Waals surface area contributed by atoms with Gasteiger partial charge in [-0.15, -0.1) is 0 Å². The van der Waals surface area contributed by atoms with Gasteiger partial charge >= 0.3 is 0 Å². The number of benzene rings is 2. The van der Waals surface area contributed by atoms with Crippen molar-refractivity contribution in [2.45, 2.75) is 33.1 Å². The fourth-order valence-electron chi connectivity index (χ4n) is 3.16. The minimum absolute atomic E-state index is 0.757. The van der Waals surface area contributed by atoms with Gasteiger partial charge in [0.05, 0.1) is 0 Å². The van der Waals surface area contributed by atoms with Crippen LogP contribution < -0.4 is 5.73 Å². The number of aromatic nitrogens is 1. The molecule has 0 saturated heterocycles. The molecule has 0 amide bonds. The Kier molecular flexibility index (Phi) is 4.88. The second kappa shape index (κ2) is 6.90. The molecule has 3 rings (SSSR count). The molecular formula is C20H23BrN2. The van der Waals surface area contributed by atoms with Crippen LogP contribution in [-0.2, 0) is 6.42 Å². The second-order valence-corrected chi connectivity index (χ2v) is 7.08. The molecule has 0 fully saturated rings. The predicted octanol–water partition coefficient (Wildman–Crippen LogP) is 5.50. The van der Waals surface area contributed by atoms with E-state index in [-0.39, 0.29) is 0 Å². The normalized spacial score (nSPS) is 11.3. The quantitative estimate of drug-likeness (QED) is 0.572. The van der Waals surface area contributed by atoms with E-state index >= 15 is 0 Å². The molecule has 2 aromatic carbocycles. The van der Waals surface area contributed by atoms with Crippen LogP contribution in [0.5, 0.6) is 0 Å². The number of halogens is 1. The molecule has 3 aromatic rings. The summed E-state index contributed by atoms with van der Waals surface area (Å²) in [6, 6.07) is 13.0. The summed E-state index contributed by atoms with van der Waals surface area (Å²) >= 11 is 3.59. The molecule has 120 valence electrons. The highest BCUT2D eigenvalue weighted by atomic mass is 79.9. The van der Waals surface area contributed by atoms with E-state index in [0.29, 0.717) is 0 Å². The van der Waals surface area contributed by atoms with Crippen LogP contribution in [0.1, 0.15) is 29.5 Å².